The highest BCUT2D eigenvalue weighted by Crippen LogP contribution is 2.37. The molecule has 0 saturated heterocycles. The van der Waals surface area contributed by atoms with Gasteiger partial charge in [-0.05, 0) is 52.7 Å². The highest BCUT2D eigenvalue weighted by molar-refractivity contribution is 9.10. The SMILES string of the molecule is CCOC(=O)NN=Cc1cc(Br)c(OCc2c(Cl)cccc2Cl)c(OC)c1. The molecule has 6 nitrogen and oxygen atoms in total. The summed E-state index contributed by atoms with van der Waals surface area (Å²) in [5.74, 6) is 0.967. The summed E-state index contributed by atoms with van der Waals surface area (Å²) < 4.78 is 16.6. The van der Waals surface area contributed by atoms with Crippen molar-refractivity contribution in [2.24, 2.45) is 5.10 Å². The normalized spacial score (nSPS) is 10.7. The summed E-state index contributed by atoms with van der Waals surface area (Å²) in [6, 6.07) is 8.74. The van der Waals surface area contributed by atoms with Crippen LogP contribution < -0.4 is 14.9 Å². The van der Waals surface area contributed by atoms with Gasteiger partial charge in [0, 0.05) is 15.6 Å². The minimum Gasteiger partial charge on any atom is -0.493 e. The molecule has 1 N–H and O–H groups in total. The van der Waals surface area contributed by atoms with E-state index in [1.54, 1.807) is 37.3 Å². The second-order valence-corrected chi connectivity index (χ2v) is 6.78. The number of halogens is 3. The van der Waals surface area contributed by atoms with Gasteiger partial charge in [0.2, 0.25) is 0 Å². The highest BCUT2D eigenvalue weighted by Gasteiger charge is 2.14. The maximum absolute atomic E-state index is 11.2. The van der Waals surface area contributed by atoms with E-state index in [0.717, 1.165) is 0 Å². The zero-order valence-corrected chi connectivity index (χ0v) is 17.7. The molecule has 0 atom stereocenters. The number of benzene rings is 2. The summed E-state index contributed by atoms with van der Waals surface area (Å²) in [7, 11) is 1.52. The summed E-state index contributed by atoms with van der Waals surface area (Å²) in [5.41, 5.74) is 3.61. The second kappa shape index (κ2) is 10.4. The molecule has 0 aliphatic rings. The minimum atomic E-state index is -0.628. The fourth-order valence-electron chi connectivity index (χ4n) is 2.09. The molecule has 2 aromatic rings. The molecule has 0 aromatic heterocycles. The highest BCUT2D eigenvalue weighted by atomic mass is 79.9. The van der Waals surface area contributed by atoms with Crippen LogP contribution in [0.2, 0.25) is 10.0 Å². The van der Waals surface area contributed by atoms with Crippen LogP contribution in [0, 0.1) is 0 Å². The minimum absolute atomic E-state index is 0.172. The lowest BCUT2D eigenvalue weighted by Gasteiger charge is -2.14. The Bertz CT molecular complexity index is 826. The van der Waals surface area contributed by atoms with Crippen molar-refractivity contribution >= 4 is 51.4 Å². The van der Waals surface area contributed by atoms with Crippen molar-refractivity contribution in [2.45, 2.75) is 13.5 Å². The molecule has 0 aliphatic carbocycles. The third-order valence-corrected chi connectivity index (χ3v) is 4.62. The summed E-state index contributed by atoms with van der Waals surface area (Å²) >= 11 is 15.8. The molecule has 144 valence electrons. The number of hydrogen-bond acceptors (Lipinski definition) is 5. The molecular formula is C18H17BrCl2N2O4. The van der Waals surface area contributed by atoms with Gasteiger partial charge in [-0.3, -0.25) is 0 Å². The van der Waals surface area contributed by atoms with Crippen molar-refractivity contribution < 1.29 is 19.0 Å². The Morgan fingerprint density at radius 3 is 2.63 bits per heavy atom. The van der Waals surface area contributed by atoms with Gasteiger partial charge in [-0.2, -0.15) is 5.10 Å². The summed E-state index contributed by atoms with van der Waals surface area (Å²) in [6.07, 6.45) is 0.829. The van der Waals surface area contributed by atoms with Crippen molar-refractivity contribution in [3.63, 3.8) is 0 Å². The van der Waals surface area contributed by atoms with E-state index >= 15 is 0 Å². The molecular weight excluding hydrogens is 459 g/mol. The van der Waals surface area contributed by atoms with E-state index in [9.17, 15) is 4.79 Å². The first-order valence-corrected chi connectivity index (χ1v) is 9.40. The maximum atomic E-state index is 11.2. The second-order valence-electron chi connectivity index (χ2n) is 5.11. The summed E-state index contributed by atoms with van der Waals surface area (Å²) in [6.45, 7) is 2.15. The van der Waals surface area contributed by atoms with Crippen LogP contribution in [0.25, 0.3) is 0 Å². The molecule has 0 bridgehead atoms. The van der Waals surface area contributed by atoms with E-state index in [2.05, 4.69) is 26.5 Å². The number of ether oxygens (including phenoxy) is 3. The first-order chi connectivity index (χ1) is 13.0. The zero-order valence-electron chi connectivity index (χ0n) is 14.6. The van der Waals surface area contributed by atoms with Crippen molar-refractivity contribution in [1.29, 1.82) is 0 Å². The van der Waals surface area contributed by atoms with E-state index in [-0.39, 0.29) is 13.2 Å². The van der Waals surface area contributed by atoms with Gasteiger partial charge in [0.1, 0.15) is 6.61 Å². The smallest absolute Gasteiger partial charge is 0.427 e. The van der Waals surface area contributed by atoms with Crippen LogP contribution in [-0.4, -0.2) is 26.0 Å². The molecule has 9 heteroatoms. The van der Waals surface area contributed by atoms with Crippen LogP contribution in [0.1, 0.15) is 18.1 Å². The lowest BCUT2D eigenvalue weighted by molar-refractivity contribution is 0.152. The Kier molecular flexibility index (Phi) is 8.22. The Morgan fingerprint density at radius 2 is 2.00 bits per heavy atom. The molecule has 0 fully saturated rings. The number of hydrazone groups is 1. The van der Waals surface area contributed by atoms with Gasteiger partial charge in [-0.25, -0.2) is 10.2 Å². The van der Waals surface area contributed by atoms with Crippen LogP contribution in [-0.2, 0) is 11.3 Å². The Morgan fingerprint density at radius 1 is 1.30 bits per heavy atom. The Balaban J connectivity index is 2.16. The van der Waals surface area contributed by atoms with Crippen molar-refractivity contribution in [1.82, 2.24) is 5.43 Å². The number of carbonyl (C=O) groups is 1. The lowest BCUT2D eigenvalue weighted by Crippen LogP contribution is -2.18. The zero-order chi connectivity index (χ0) is 19.8. The van der Waals surface area contributed by atoms with E-state index in [4.69, 9.17) is 37.4 Å². The van der Waals surface area contributed by atoms with Crippen LogP contribution in [0.15, 0.2) is 39.9 Å². The van der Waals surface area contributed by atoms with Gasteiger partial charge in [0.15, 0.2) is 11.5 Å². The molecule has 0 aliphatic heterocycles. The number of nitrogens with zero attached hydrogens (tertiary/aromatic N) is 1. The van der Waals surface area contributed by atoms with Crippen LogP contribution in [0.3, 0.4) is 0 Å². The summed E-state index contributed by atoms with van der Waals surface area (Å²) in [5, 5.41) is 4.86. The molecule has 0 spiro atoms. The fraction of sp³-hybridized carbons (Fsp3) is 0.222. The predicted octanol–water partition coefficient (Wildman–Crippen LogP) is 5.42. The van der Waals surface area contributed by atoms with Crippen molar-refractivity contribution in [2.75, 3.05) is 13.7 Å². The Labute approximate surface area is 175 Å². The van der Waals surface area contributed by atoms with E-state index in [0.29, 0.717) is 37.1 Å². The molecule has 0 radical (unpaired) electrons. The molecule has 0 unspecified atom stereocenters. The molecule has 27 heavy (non-hydrogen) atoms. The van der Waals surface area contributed by atoms with E-state index < -0.39 is 6.09 Å². The number of methoxy groups -OCH3 is 1. The van der Waals surface area contributed by atoms with Gasteiger partial charge < -0.3 is 14.2 Å². The van der Waals surface area contributed by atoms with Gasteiger partial charge in [-0.15, -0.1) is 0 Å². The molecule has 2 aromatic carbocycles. The van der Waals surface area contributed by atoms with Crippen LogP contribution in [0.5, 0.6) is 11.5 Å². The van der Waals surface area contributed by atoms with Gasteiger partial charge in [-0.1, -0.05) is 29.3 Å². The maximum Gasteiger partial charge on any atom is 0.427 e. The average molecular weight is 476 g/mol. The molecule has 1 amide bonds. The molecule has 0 saturated carbocycles. The number of carbonyl (C=O) groups excluding carboxylic acids is 1. The monoisotopic (exact) mass is 474 g/mol. The third-order valence-electron chi connectivity index (χ3n) is 3.32. The topological polar surface area (TPSA) is 69.2 Å². The molecule has 0 heterocycles. The first-order valence-electron chi connectivity index (χ1n) is 7.85. The van der Waals surface area contributed by atoms with Crippen LogP contribution >= 0.6 is 39.1 Å². The number of rotatable bonds is 7. The van der Waals surface area contributed by atoms with Crippen molar-refractivity contribution in [3.05, 3.63) is 56.0 Å². The van der Waals surface area contributed by atoms with Gasteiger partial charge >= 0.3 is 6.09 Å². The molecule has 2 rings (SSSR count). The van der Waals surface area contributed by atoms with Gasteiger partial charge in [0.25, 0.3) is 0 Å². The Hall–Kier alpha value is -1.96. The van der Waals surface area contributed by atoms with E-state index in [1.165, 1.54) is 13.3 Å². The quantitative estimate of drug-likeness (QED) is 0.428. The number of amides is 1. The predicted molar refractivity (Wildman–Crippen MR) is 109 cm³/mol. The number of hydrogen-bond donors (Lipinski definition) is 1. The first kappa shape index (κ1) is 21.3. The lowest BCUT2D eigenvalue weighted by atomic mass is 10.2. The van der Waals surface area contributed by atoms with Crippen molar-refractivity contribution in [3.8, 4) is 11.5 Å². The van der Waals surface area contributed by atoms with Gasteiger partial charge in [0.05, 0.1) is 24.4 Å². The third kappa shape index (κ3) is 6.02. The average Bonchev–Trinajstić information content (AvgIpc) is 2.62. The standard InChI is InChI=1S/C18H17BrCl2N2O4/c1-3-26-18(24)23-22-9-11-7-13(19)17(16(8-11)25-2)27-10-12-14(20)5-4-6-15(12)21/h4-9H,3,10H2,1-2H3,(H,23,24). The van der Waals surface area contributed by atoms with E-state index in [1.807, 2.05) is 0 Å². The van der Waals surface area contributed by atoms with Crippen LogP contribution in [0.4, 0.5) is 4.79 Å². The fourth-order valence-corrected chi connectivity index (χ4v) is 3.17. The summed E-state index contributed by atoms with van der Waals surface area (Å²) in [4.78, 5) is 11.2. The largest absolute Gasteiger partial charge is 0.493 e. The number of nitrogens with one attached hydrogen (secondary N) is 1.